The van der Waals surface area contributed by atoms with Crippen molar-refractivity contribution >= 4 is 79.2 Å². The zero-order chi connectivity index (χ0) is 26.7. The Bertz CT molecular complexity index is 1530. The predicted octanol–water partition coefficient (Wildman–Crippen LogP) is 4.48. The van der Waals surface area contributed by atoms with E-state index in [1.807, 2.05) is 18.4 Å². The molecule has 0 unspecified atom stereocenters. The number of amides is 2. The summed E-state index contributed by atoms with van der Waals surface area (Å²) in [7, 11) is -2.35. The second-order valence-corrected chi connectivity index (χ2v) is 11.6. The van der Waals surface area contributed by atoms with Gasteiger partial charge in [0.15, 0.2) is 5.17 Å². The van der Waals surface area contributed by atoms with Crippen LogP contribution in [0.4, 0.5) is 11.4 Å². The second-order valence-electron chi connectivity index (χ2n) is 7.75. The molecule has 1 aliphatic heterocycles. The number of thiophene rings is 1. The Hall–Kier alpha value is -3.16. The molecule has 0 saturated carbocycles. The number of rotatable bonds is 7. The first-order chi connectivity index (χ1) is 17.6. The molecular weight excluding hydrogens is 556 g/mol. The van der Waals surface area contributed by atoms with E-state index in [0.29, 0.717) is 22.1 Å². The van der Waals surface area contributed by atoms with Crippen LogP contribution >= 0.6 is 34.7 Å². The van der Waals surface area contributed by atoms with E-state index >= 15 is 0 Å². The van der Waals surface area contributed by atoms with Crippen molar-refractivity contribution in [2.45, 2.75) is 11.8 Å². The number of anilines is 2. The molecule has 3 N–H and O–H groups in total. The SMILES string of the molecule is COc1ccc(Cl)cc1N1C(=O)/C(=C\c2sccc2C)N=C1SCC(=O)Nc1ccc(S(N)(=O)=O)cc1. The molecule has 2 aromatic carbocycles. The number of hydrogen-bond acceptors (Lipinski definition) is 8. The van der Waals surface area contributed by atoms with Gasteiger partial charge in [0.2, 0.25) is 15.9 Å². The van der Waals surface area contributed by atoms with Gasteiger partial charge in [-0.15, -0.1) is 11.3 Å². The van der Waals surface area contributed by atoms with Crippen LogP contribution in [-0.4, -0.2) is 38.3 Å². The fraction of sp³-hybridized carbons (Fsp3) is 0.125. The summed E-state index contributed by atoms with van der Waals surface area (Å²) in [5.74, 6) is -0.421. The lowest BCUT2D eigenvalue weighted by molar-refractivity contribution is -0.114. The first-order valence-corrected chi connectivity index (χ1v) is 14.4. The average Bonchev–Trinajstić information content (AvgIpc) is 3.39. The molecule has 1 aliphatic rings. The Morgan fingerprint density at radius 2 is 1.97 bits per heavy atom. The number of aryl methyl sites for hydroxylation is 1. The summed E-state index contributed by atoms with van der Waals surface area (Å²) >= 11 is 8.77. The van der Waals surface area contributed by atoms with E-state index in [1.165, 1.54) is 47.6 Å². The lowest BCUT2D eigenvalue weighted by Crippen LogP contribution is -2.31. The van der Waals surface area contributed by atoms with Crippen molar-refractivity contribution in [1.82, 2.24) is 0 Å². The first-order valence-electron chi connectivity index (χ1n) is 10.6. The van der Waals surface area contributed by atoms with Gasteiger partial charge < -0.3 is 10.1 Å². The summed E-state index contributed by atoms with van der Waals surface area (Å²) < 4.78 is 28.3. The number of hydrogen-bond donors (Lipinski definition) is 2. The van der Waals surface area contributed by atoms with Gasteiger partial charge in [-0.3, -0.25) is 9.59 Å². The Morgan fingerprint density at radius 1 is 1.24 bits per heavy atom. The summed E-state index contributed by atoms with van der Waals surface area (Å²) in [6.45, 7) is 1.94. The number of nitrogens with zero attached hydrogens (tertiary/aromatic N) is 2. The minimum Gasteiger partial charge on any atom is -0.495 e. The number of primary sulfonamides is 1. The Morgan fingerprint density at radius 3 is 2.59 bits per heavy atom. The molecule has 192 valence electrons. The van der Waals surface area contributed by atoms with Crippen molar-refractivity contribution in [3.63, 3.8) is 0 Å². The van der Waals surface area contributed by atoms with Crippen molar-refractivity contribution in [3.05, 3.63) is 75.1 Å². The highest BCUT2D eigenvalue weighted by atomic mass is 35.5. The van der Waals surface area contributed by atoms with Crippen LogP contribution in [0.1, 0.15) is 10.4 Å². The highest BCUT2D eigenvalue weighted by Crippen LogP contribution is 2.37. The number of nitrogens with two attached hydrogens (primary N) is 1. The standard InChI is InChI=1S/C24H21ClN4O5S3/c1-14-9-10-35-21(14)12-18-23(31)29(19-11-15(25)3-8-20(19)34-2)24(28-18)36-13-22(30)27-16-4-6-17(7-5-16)37(26,32)33/h3-12H,13H2,1-2H3,(H,27,30)(H2,26,32,33)/b18-12+. The number of amidine groups is 1. The quantitative estimate of drug-likeness (QED) is 0.399. The van der Waals surface area contributed by atoms with Crippen molar-refractivity contribution in [1.29, 1.82) is 0 Å². The Labute approximate surface area is 227 Å². The number of methoxy groups -OCH3 is 1. The van der Waals surface area contributed by atoms with E-state index in [9.17, 15) is 18.0 Å². The van der Waals surface area contributed by atoms with Gasteiger partial charge >= 0.3 is 0 Å². The average molecular weight is 577 g/mol. The van der Waals surface area contributed by atoms with Crippen molar-refractivity contribution in [2.75, 3.05) is 23.1 Å². The van der Waals surface area contributed by atoms with Gasteiger partial charge in [0.05, 0.1) is 23.4 Å². The minimum absolute atomic E-state index is 0.0647. The van der Waals surface area contributed by atoms with E-state index in [1.54, 1.807) is 24.3 Å². The van der Waals surface area contributed by atoms with E-state index in [2.05, 4.69) is 10.3 Å². The fourth-order valence-corrected chi connectivity index (χ4v) is 5.69. The molecule has 2 amide bonds. The predicted molar refractivity (Wildman–Crippen MR) is 149 cm³/mol. The number of carbonyl (C=O) groups excluding carboxylic acids is 2. The Balaban J connectivity index is 1.58. The largest absolute Gasteiger partial charge is 0.495 e. The smallest absolute Gasteiger partial charge is 0.283 e. The van der Waals surface area contributed by atoms with Gasteiger partial charge in [-0.05, 0) is 72.5 Å². The highest BCUT2D eigenvalue weighted by Gasteiger charge is 2.34. The monoisotopic (exact) mass is 576 g/mol. The van der Waals surface area contributed by atoms with Crippen LogP contribution in [-0.2, 0) is 19.6 Å². The maximum Gasteiger partial charge on any atom is 0.283 e. The van der Waals surface area contributed by atoms with Gasteiger partial charge in [0.25, 0.3) is 5.91 Å². The van der Waals surface area contributed by atoms with Gasteiger partial charge in [0.1, 0.15) is 11.4 Å². The third-order valence-electron chi connectivity index (χ3n) is 5.18. The van der Waals surface area contributed by atoms with Crippen LogP contribution < -0.4 is 20.1 Å². The number of carbonyl (C=O) groups is 2. The lowest BCUT2D eigenvalue weighted by Gasteiger charge is -2.20. The number of nitrogens with one attached hydrogen (secondary N) is 1. The molecule has 1 aromatic heterocycles. The minimum atomic E-state index is -3.84. The number of sulfonamides is 1. The van der Waals surface area contributed by atoms with E-state index in [0.717, 1.165) is 22.2 Å². The maximum absolute atomic E-state index is 13.5. The summed E-state index contributed by atoms with van der Waals surface area (Å²) in [6, 6.07) is 12.3. The molecule has 37 heavy (non-hydrogen) atoms. The molecule has 0 fully saturated rings. The molecule has 4 rings (SSSR count). The fourth-order valence-electron chi connectivity index (χ4n) is 3.36. The van der Waals surface area contributed by atoms with E-state index < -0.39 is 10.0 Å². The highest BCUT2D eigenvalue weighted by molar-refractivity contribution is 8.14. The Kier molecular flexibility index (Phi) is 8.05. The zero-order valence-corrected chi connectivity index (χ0v) is 22.8. The van der Waals surface area contributed by atoms with Crippen LogP contribution in [0.2, 0.25) is 5.02 Å². The summed E-state index contributed by atoms with van der Waals surface area (Å²) in [5, 5.41) is 10.4. The van der Waals surface area contributed by atoms with Gasteiger partial charge in [-0.2, -0.15) is 0 Å². The van der Waals surface area contributed by atoms with E-state index in [-0.39, 0.29) is 33.3 Å². The van der Waals surface area contributed by atoms with Crippen molar-refractivity contribution in [3.8, 4) is 5.75 Å². The molecule has 3 aromatic rings. The molecule has 0 bridgehead atoms. The molecule has 0 aliphatic carbocycles. The van der Waals surface area contributed by atoms with E-state index in [4.69, 9.17) is 21.5 Å². The van der Waals surface area contributed by atoms with Gasteiger partial charge in [-0.25, -0.2) is 23.4 Å². The topological polar surface area (TPSA) is 131 Å². The first kappa shape index (κ1) is 26.9. The molecule has 0 spiro atoms. The molecule has 0 radical (unpaired) electrons. The van der Waals surface area contributed by atoms with Crippen molar-refractivity contribution < 1.29 is 22.7 Å². The van der Waals surface area contributed by atoms with Crippen LogP contribution in [0.3, 0.4) is 0 Å². The second kappa shape index (κ2) is 11.1. The number of thioether (sulfide) groups is 1. The molecule has 2 heterocycles. The summed E-state index contributed by atoms with van der Waals surface area (Å²) in [4.78, 5) is 32.8. The van der Waals surface area contributed by atoms with Crippen LogP contribution in [0.15, 0.2) is 69.5 Å². The molecule has 0 saturated heterocycles. The maximum atomic E-state index is 13.5. The third-order valence-corrected chi connectivity index (χ3v) is 8.25. The van der Waals surface area contributed by atoms with Crippen molar-refractivity contribution in [2.24, 2.45) is 10.1 Å². The number of aliphatic imine (C=N–C) groups is 1. The third kappa shape index (κ3) is 6.22. The number of benzene rings is 2. The van der Waals surface area contributed by atoms with Gasteiger partial charge in [-0.1, -0.05) is 23.4 Å². The normalized spacial score (nSPS) is 14.7. The number of halogens is 1. The molecule has 13 heteroatoms. The number of ether oxygens (including phenoxy) is 1. The summed E-state index contributed by atoms with van der Waals surface area (Å²) in [6.07, 6.45) is 1.72. The van der Waals surface area contributed by atoms with Crippen LogP contribution in [0, 0.1) is 6.92 Å². The van der Waals surface area contributed by atoms with Gasteiger partial charge in [0, 0.05) is 15.6 Å². The molecule has 0 atom stereocenters. The lowest BCUT2D eigenvalue weighted by atomic mass is 10.2. The molecule has 9 nitrogen and oxygen atoms in total. The van der Waals surface area contributed by atoms with Crippen LogP contribution in [0.25, 0.3) is 6.08 Å². The zero-order valence-electron chi connectivity index (χ0n) is 19.6. The molecular formula is C24H21ClN4O5S3. The van der Waals surface area contributed by atoms with Crippen LogP contribution in [0.5, 0.6) is 5.75 Å². The summed E-state index contributed by atoms with van der Waals surface area (Å²) in [5.41, 5.74) is 2.02.